The van der Waals surface area contributed by atoms with Crippen molar-refractivity contribution in [3.05, 3.63) is 102 Å². The largest absolute Gasteiger partial charge is 0.482 e. The summed E-state index contributed by atoms with van der Waals surface area (Å²) in [5, 5.41) is 3.44. The van der Waals surface area contributed by atoms with E-state index >= 15 is 0 Å². The molecule has 0 aromatic heterocycles. The van der Waals surface area contributed by atoms with Crippen molar-refractivity contribution in [2.75, 3.05) is 26.3 Å². The zero-order valence-corrected chi connectivity index (χ0v) is 18.3. The molecule has 0 heterocycles. The van der Waals surface area contributed by atoms with Crippen LogP contribution in [0.5, 0.6) is 5.75 Å². The fourth-order valence-electron chi connectivity index (χ4n) is 3.47. The van der Waals surface area contributed by atoms with E-state index in [0.29, 0.717) is 30.9 Å². The molecule has 0 aliphatic carbocycles. The fraction of sp³-hybridized carbons (Fsp3) is 0.259. The van der Waals surface area contributed by atoms with Crippen LogP contribution in [-0.4, -0.2) is 38.1 Å². The number of carbonyl (C=O) groups excluding carboxylic acids is 2. The van der Waals surface area contributed by atoms with Gasteiger partial charge in [-0.3, -0.25) is 4.79 Å². The lowest BCUT2D eigenvalue weighted by atomic mass is 9.91. The Labute approximate surface area is 189 Å². The molecule has 0 atom stereocenters. The van der Waals surface area contributed by atoms with Gasteiger partial charge in [-0.25, -0.2) is 4.79 Å². The number of ether oxygens (including phenoxy) is 2. The Bertz CT molecular complexity index is 932. The highest BCUT2D eigenvalue weighted by atomic mass is 16.6. The molecule has 166 valence electrons. The maximum absolute atomic E-state index is 12.5. The maximum Gasteiger partial charge on any atom is 0.344 e. The van der Waals surface area contributed by atoms with Gasteiger partial charge in [0.15, 0.2) is 12.4 Å². The lowest BCUT2D eigenvalue weighted by Crippen LogP contribution is -2.25. The van der Waals surface area contributed by atoms with Crippen molar-refractivity contribution in [1.29, 1.82) is 0 Å². The molecule has 0 fully saturated rings. The van der Waals surface area contributed by atoms with E-state index in [1.54, 1.807) is 31.2 Å². The lowest BCUT2D eigenvalue weighted by molar-refractivity contribution is -0.145. The van der Waals surface area contributed by atoms with E-state index in [-0.39, 0.29) is 18.3 Å². The molecule has 5 nitrogen and oxygen atoms in total. The normalized spacial score (nSPS) is 10.7. The monoisotopic (exact) mass is 431 g/mol. The summed E-state index contributed by atoms with van der Waals surface area (Å²) < 4.78 is 10.2. The number of nitrogens with one attached hydrogen (secondary N) is 1. The van der Waals surface area contributed by atoms with Crippen molar-refractivity contribution in [2.24, 2.45) is 0 Å². The Morgan fingerprint density at radius 2 is 1.44 bits per heavy atom. The highest BCUT2D eigenvalue weighted by Crippen LogP contribution is 2.23. The third-order valence-corrected chi connectivity index (χ3v) is 5.12. The Hall–Kier alpha value is -3.44. The van der Waals surface area contributed by atoms with Crippen molar-refractivity contribution in [3.8, 4) is 5.75 Å². The van der Waals surface area contributed by atoms with E-state index in [2.05, 4.69) is 53.8 Å². The molecule has 32 heavy (non-hydrogen) atoms. The predicted molar refractivity (Wildman–Crippen MR) is 125 cm³/mol. The van der Waals surface area contributed by atoms with Gasteiger partial charge >= 0.3 is 5.97 Å². The number of hydrogen-bond acceptors (Lipinski definition) is 5. The molecule has 3 aromatic carbocycles. The maximum atomic E-state index is 12.5. The van der Waals surface area contributed by atoms with Crippen LogP contribution in [0.3, 0.4) is 0 Å². The quantitative estimate of drug-likeness (QED) is 0.257. The molecule has 0 radical (unpaired) electrons. The van der Waals surface area contributed by atoms with E-state index in [0.717, 1.165) is 6.54 Å². The first-order chi connectivity index (χ1) is 15.7. The van der Waals surface area contributed by atoms with Crippen LogP contribution in [0.4, 0.5) is 0 Å². The van der Waals surface area contributed by atoms with Gasteiger partial charge in [0.2, 0.25) is 0 Å². The summed E-state index contributed by atoms with van der Waals surface area (Å²) in [4.78, 5) is 23.9. The van der Waals surface area contributed by atoms with E-state index in [4.69, 9.17) is 9.47 Å². The van der Waals surface area contributed by atoms with Crippen molar-refractivity contribution < 1.29 is 19.1 Å². The first kappa shape index (κ1) is 23.2. The van der Waals surface area contributed by atoms with E-state index in [9.17, 15) is 9.59 Å². The van der Waals surface area contributed by atoms with Gasteiger partial charge in [-0.15, -0.1) is 0 Å². The molecule has 0 spiro atoms. The number of Topliss-reactive ketones (excluding diaryl/α,β-unsaturated/α-hetero) is 1. The van der Waals surface area contributed by atoms with Gasteiger partial charge in [0.25, 0.3) is 0 Å². The standard InChI is InChI=1S/C27H29NO4/c1-2-31-27(30)20-32-24-15-13-23(14-16-24)26(29)17-18-28-19-25(21-9-5-3-6-10-21)22-11-7-4-8-12-22/h3-16,25,28H,2,17-20H2,1H3. The minimum absolute atomic E-state index is 0.0606. The van der Waals surface area contributed by atoms with Crippen molar-refractivity contribution in [2.45, 2.75) is 19.3 Å². The first-order valence-electron chi connectivity index (χ1n) is 10.9. The van der Waals surface area contributed by atoms with Crippen LogP contribution < -0.4 is 10.1 Å². The highest BCUT2D eigenvalue weighted by molar-refractivity contribution is 5.96. The molecular weight excluding hydrogens is 402 g/mol. The molecule has 0 bridgehead atoms. The summed E-state index contributed by atoms with van der Waals surface area (Å²) in [7, 11) is 0. The smallest absolute Gasteiger partial charge is 0.344 e. The molecule has 5 heteroatoms. The zero-order valence-electron chi connectivity index (χ0n) is 18.3. The third-order valence-electron chi connectivity index (χ3n) is 5.12. The van der Waals surface area contributed by atoms with Crippen LogP contribution in [0.1, 0.15) is 40.7 Å². The zero-order chi connectivity index (χ0) is 22.6. The molecule has 0 amide bonds. The number of rotatable bonds is 12. The fourth-order valence-corrected chi connectivity index (χ4v) is 3.47. The van der Waals surface area contributed by atoms with Crippen LogP contribution >= 0.6 is 0 Å². The summed E-state index contributed by atoms with van der Waals surface area (Å²) in [6.07, 6.45) is 0.402. The summed E-state index contributed by atoms with van der Waals surface area (Å²) in [5.41, 5.74) is 3.12. The molecular formula is C27H29NO4. The van der Waals surface area contributed by atoms with Crippen LogP contribution in [0.25, 0.3) is 0 Å². The van der Waals surface area contributed by atoms with Gasteiger partial charge in [-0.1, -0.05) is 60.7 Å². The second-order valence-electron chi connectivity index (χ2n) is 7.37. The number of ketones is 1. The molecule has 0 aliphatic rings. The molecule has 0 saturated carbocycles. The topological polar surface area (TPSA) is 64.6 Å². The number of esters is 1. The van der Waals surface area contributed by atoms with Crippen LogP contribution in [0.15, 0.2) is 84.9 Å². The van der Waals surface area contributed by atoms with Crippen LogP contribution in [0.2, 0.25) is 0 Å². The van der Waals surface area contributed by atoms with Gasteiger partial charge in [0.05, 0.1) is 6.61 Å². The molecule has 1 N–H and O–H groups in total. The van der Waals surface area contributed by atoms with Crippen molar-refractivity contribution in [1.82, 2.24) is 5.32 Å². The third kappa shape index (κ3) is 7.06. The summed E-state index contributed by atoms with van der Waals surface area (Å²) in [5.74, 6) is 0.401. The van der Waals surface area contributed by atoms with Gasteiger partial charge in [0.1, 0.15) is 5.75 Å². The first-order valence-corrected chi connectivity index (χ1v) is 10.9. The average molecular weight is 432 g/mol. The Balaban J connectivity index is 1.49. The van der Waals surface area contributed by atoms with Gasteiger partial charge in [-0.2, -0.15) is 0 Å². The number of hydrogen-bond donors (Lipinski definition) is 1. The minimum Gasteiger partial charge on any atom is -0.482 e. The van der Waals surface area contributed by atoms with Crippen molar-refractivity contribution >= 4 is 11.8 Å². The SMILES string of the molecule is CCOC(=O)COc1ccc(C(=O)CCNCC(c2ccccc2)c2ccccc2)cc1. The molecule has 0 unspecified atom stereocenters. The molecule has 0 aliphatic heterocycles. The second kappa shape index (κ2) is 12.4. The van der Waals surface area contributed by atoms with Gasteiger partial charge < -0.3 is 14.8 Å². The summed E-state index contributed by atoms with van der Waals surface area (Å²) >= 11 is 0. The predicted octanol–water partition coefficient (Wildman–Crippen LogP) is 4.62. The van der Waals surface area contributed by atoms with E-state index < -0.39 is 5.97 Å². The minimum atomic E-state index is -0.414. The van der Waals surface area contributed by atoms with Crippen LogP contribution in [0, 0.1) is 0 Å². The molecule has 3 aromatic rings. The molecule has 0 saturated heterocycles. The second-order valence-corrected chi connectivity index (χ2v) is 7.37. The van der Waals surface area contributed by atoms with Crippen molar-refractivity contribution in [3.63, 3.8) is 0 Å². The molecule has 3 rings (SSSR count). The van der Waals surface area contributed by atoms with Crippen LogP contribution in [-0.2, 0) is 9.53 Å². The lowest BCUT2D eigenvalue weighted by Gasteiger charge is -2.19. The number of carbonyl (C=O) groups is 2. The Morgan fingerprint density at radius 3 is 2.00 bits per heavy atom. The average Bonchev–Trinajstić information content (AvgIpc) is 2.84. The Morgan fingerprint density at radius 1 is 0.844 bits per heavy atom. The summed E-state index contributed by atoms with van der Waals surface area (Å²) in [6, 6.07) is 27.6. The highest BCUT2D eigenvalue weighted by Gasteiger charge is 2.14. The summed E-state index contributed by atoms with van der Waals surface area (Å²) in [6.45, 7) is 3.27. The van der Waals surface area contributed by atoms with E-state index in [1.165, 1.54) is 11.1 Å². The Kier molecular flexibility index (Phi) is 9.02. The number of benzene rings is 3. The van der Waals surface area contributed by atoms with Gasteiger partial charge in [-0.05, 0) is 42.3 Å². The van der Waals surface area contributed by atoms with E-state index in [1.807, 2.05) is 12.1 Å². The van der Waals surface area contributed by atoms with Gasteiger partial charge in [0, 0.05) is 31.0 Å².